The Morgan fingerprint density at radius 1 is 1.17 bits per heavy atom. The number of aliphatic carboxylic acids is 1. The van der Waals surface area contributed by atoms with Gasteiger partial charge in [-0.15, -0.1) is 0 Å². The Hall–Kier alpha value is -1.81. The minimum Gasteiger partial charge on any atom is -0.478 e. The van der Waals surface area contributed by atoms with Gasteiger partial charge in [0.15, 0.2) is 0 Å². The number of hydrogen-bond acceptors (Lipinski definition) is 3. The molecule has 1 saturated heterocycles. The van der Waals surface area contributed by atoms with Crippen LogP contribution in [-0.2, 0) is 4.79 Å². The summed E-state index contributed by atoms with van der Waals surface area (Å²) < 4.78 is 0. The number of rotatable bonds is 3. The van der Waals surface area contributed by atoms with Crippen LogP contribution in [0.1, 0.15) is 5.56 Å². The average molecular weight is 246 g/mol. The zero-order valence-corrected chi connectivity index (χ0v) is 10.5. The van der Waals surface area contributed by atoms with Crippen LogP contribution in [0.2, 0.25) is 0 Å². The maximum Gasteiger partial charge on any atom is 0.328 e. The topological polar surface area (TPSA) is 43.8 Å². The molecule has 4 heteroatoms. The van der Waals surface area contributed by atoms with Crippen molar-refractivity contribution in [1.82, 2.24) is 4.90 Å². The Bertz CT molecular complexity index is 432. The van der Waals surface area contributed by atoms with E-state index in [-0.39, 0.29) is 0 Å². The Morgan fingerprint density at radius 2 is 1.78 bits per heavy atom. The van der Waals surface area contributed by atoms with E-state index in [4.69, 9.17) is 5.11 Å². The largest absolute Gasteiger partial charge is 0.478 e. The standard InChI is InChI=1S/C14H18N2O2/c1-15-8-10-16(11-9-15)13-5-2-12(3-6-13)4-7-14(17)18/h2-7H,8-11H2,1H3,(H,17,18). The molecule has 2 rings (SSSR count). The number of likely N-dealkylation sites (N-methyl/N-ethyl adjacent to an activating group) is 1. The summed E-state index contributed by atoms with van der Waals surface area (Å²) in [6.07, 6.45) is 2.76. The molecule has 1 N–H and O–H groups in total. The lowest BCUT2D eigenvalue weighted by Crippen LogP contribution is -2.44. The number of nitrogens with zero attached hydrogens (tertiary/aromatic N) is 2. The van der Waals surface area contributed by atoms with Crippen LogP contribution in [0.3, 0.4) is 0 Å². The molecule has 0 atom stereocenters. The average Bonchev–Trinajstić information content (AvgIpc) is 2.38. The summed E-state index contributed by atoms with van der Waals surface area (Å²) in [6, 6.07) is 8.00. The van der Waals surface area contributed by atoms with Crippen LogP contribution in [0.5, 0.6) is 0 Å². The second-order valence-electron chi connectivity index (χ2n) is 4.55. The van der Waals surface area contributed by atoms with E-state index in [9.17, 15) is 4.79 Å². The number of benzene rings is 1. The van der Waals surface area contributed by atoms with Crippen molar-refractivity contribution >= 4 is 17.7 Å². The highest BCUT2D eigenvalue weighted by atomic mass is 16.4. The molecular weight excluding hydrogens is 228 g/mol. The lowest BCUT2D eigenvalue weighted by Gasteiger charge is -2.34. The third kappa shape index (κ3) is 3.34. The summed E-state index contributed by atoms with van der Waals surface area (Å²) in [7, 11) is 2.14. The van der Waals surface area contributed by atoms with Gasteiger partial charge in [0.1, 0.15) is 0 Å². The summed E-state index contributed by atoms with van der Waals surface area (Å²) >= 11 is 0. The van der Waals surface area contributed by atoms with Crippen LogP contribution in [0.15, 0.2) is 30.3 Å². The van der Waals surface area contributed by atoms with Gasteiger partial charge in [-0.05, 0) is 30.8 Å². The maximum absolute atomic E-state index is 10.4. The quantitative estimate of drug-likeness (QED) is 0.822. The predicted molar refractivity (Wildman–Crippen MR) is 72.8 cm³/mol. The van der Waals surface area contributed by atoms with E-state index in [1.54, 1.807) is 6.08 Å². The molecule has 0 bridgehead atoms. The first-order valence-corrected chi connectivity index (χ1v) is 6.10. The van der Waals surface area contributed by atoms with E-state index in [2.05, 4.69) is 16.8 Å². The van der Waals surface area contributed by atoms with Crippen LogP contribution in [0.25, 0.3) is 6.08 Å². The summed E-state index contributed by atoms with van der Waals surface area (Å²) in [4.78, 5) is 15.1. The van der Waals surface area contributed by atoms with Crippen molar-refractivity contribution in [3.63, 3.8) is 0 Å². The van der Waals surface area contributed by atoms with Gasteiger partial charge in [0.05, 0.1) is 0 Å². The predicted octanol–water partition coefficient (Wildman–Crippen LogP) is 1.54. The van der Waals surface area contributed by atoms with Gasteiger partial charge in [0, 0.05) is 37.9 Å². The molecule has 1 aromatic rings. The fourth-order valence-electron chi connectivity index (χ4n) is 2.03. The van der Waals surface area contributed by atoms with Crippen LogP contribution in [-0.4, -0.2) is 49.2 Å². The molecule has 0 radical (unpaired) electrons. The van der Waals surface area contributed by atoms with E-state index >= 15 is 0 Å². The number of hydrogen-bond donors (Lipinski definition) is 1. The Labute approximate surface area is 107 Å². The van der Waals surface area contributed by atoms with E-state index in [1.807, 2.05) is 24.3 Å². The highest BCUT2D eigenvalue weighted by molar-refractivity contribution is 5.85. The zero-order chi connectivity index (χ0) is 13.0. The number of carboxylic acid groups (broad SMARTS) is 1. The van der Waals surface area contributed by atoms with Crippen molar-refractivity contribution < 1.29 is 9.90 Å². The van der Waals surface area contributed by atoms with Crippen LogP contribution < -0.4 is 4.90 Å². The Balaban J connectivity index is 2.01. The molecule has 0 unspecified atom stereocenters. The zero-order valence-electron chi connectivity index (χ0n) is 10.5. The third-order valence-electron chi connectivity index (χ3n) is 3.18. The van der Waals surface area contributed by atoms with Gasteiger partial charge in [0.25, 0.3) is 0 Å². The maximum atomic E-state index is 10.4. The van der Waals surface area contributed by atoms with E-state index in [0.29, 0.717) is 0 Å². The van der Waals surface area contributed by atoms with Crippen molar-refractivity contribution in [2.45, 2.75) is 0 Å². The molecule has 0 aliphatic carbocycles. The summed E-state index contributed by atoms with van der Waals surface area (Å²) in [5.74, 6) is -0.918. The van der Waals surface area contributed by atoms with Crippen molar-refractivity contribution in [2.75, 3.05) is 38.1 Å². The van der Waals surface area contributed by atoms with E-state index in [0.717, 1.165) is 37.8 Å². The molecule has 0 aromatic heterocycles. The molecule has 1 aliphatic heterocycles. The van der Waals surface area contributed by atoms with Gasteiger partial charge >= 0.3 is 5.97 Å². The highest BCUT2D eigenvalue weighted by Gasteiger charge is 2.13. The van der Waals surface area contributed by atoms with Gasteiger partial charge in [-0.1, -0.05) is 12.1 Å². The molecule has 0 saturated carbocycles. The monoisotopic (exact) mass is 246 g/mol. The Kier molecular flexibility index (Phi) is 3.99. The lowest BCUT2D eigenvalue weighted by molar-refractivity contribution is -0.131. The number of piperazine rings is 1. The first-order chi connectivity index (χ1) is 8.65. The van der Waals surface area contributed by atoms with Crippen LogP contribution in [0, 0.1) is 0 Å². The third-order valence-corrected chi connectivity index (χ3v) is 3.18. The first kappa shape index (κ1) is 12.6. The molecule has 18 heavy (non-hydrogen) atoms. The van der Waals surface area contributed by atoms with E-state index in [1.165, 1.54) is 5.69 Å². The van der Waals surface area contributed by atoms with Gasteiger partial charge in [-0.25, -0.2) is 4.79 Å². The van der Waals surface area contributed by atoms with Crippen molar-refractivity contribution in [1.29, 1.82) is 0 Å². The van der Waals surface area contributed by atoms with Gasteiger partial charge < -0.3 is 14.9 Å². The van der Waals surface area contributed by atoms with Gasteiger partial charge in [-0.3, -0.25) is 0 Å². The lowest BCUT2D eigenvalue weighted by atomic mass is 10.1. The Morgan fingerprint density at radius 3 is 2.33 bits per heavy atom. The fourth-order valence-corrected chi connectivity index (χ4v) is 2.03. The molecule has 1 aliphatic rings. The smallest absolute Gasteiger partial charge is 0.328 e. The van der Waals surface area contributed by atoms with Crippen molar-refractivity contribution in [2.24, 2.45) is 0 Å². The molecule has 1 aromatic carbocycles. The fraction of sp³-hybridized carbons (Fsp3) is 0.357. The van der Waals surface area contributed by atoms with Crippen molar-refractivity contribution in [3.8, 4) is 0 Å². The highest BCUT2D eigenvalue weighted by Crippen LogP contribution is 2.17. The SMILES string of the molecule is CN1CCN(c2ccc(C=CC(=O)O)cc2)CC1. The molecule has 1 heterocycles. The van der Waals surface area contributed by atoms with Crippen molar-refractivity contribution in [3.05, 3.63) is 35.9 Å². The second-order valence-corrected chi connectivity index (χ2v) is 4.55. The minimum atomic E-state index is -0.918. The van der Waals surface area contributed by atoms with Crippen LogP contribution >= 0.6 is 0 Å². The second kappa shape index (κ2) is 5.69. The summed E-state index contributed by atoms with van der Waals surface area (Å²) in [5, 5.41) is 8.56. The van der Waals surface area contributed by atoms with Crippen LogP contribution in [0.4, 0.5) is 5.69 Å². The normalized spacial score (nSPS) is 17.3. The first-order valence-electron chi connectivity index (χ1n) is 6.10. The molecule has 4 nitrogen and oxygen atoms in total. The number of carbonyl (C=O) groups is 1. The number of anilines is 1. The molecule has 0 amide bonds. The molecule has 96 valence electrons. The molecular formula is C14H18N2O2. The summed E-state index contributed by atoms with van der Waals surface area (Å²) in [5.41, 5.74) is 2.12. The van der Waals surface area contributed by atoms with Gasteiger partial charge in [-0.2, -0.15) is 0 Å². The molecule has 0 spiro atoms. The summed E-state index contributed by atoms with van der Waals surface area (Å²) in [6.45, 7) is 4.25. The van der Waals surface area contributed by atoms with E-state index < -0.39 is 5.97 Å². The number of carboxylic acids is 1. The minimum absolute atomic E-state index is 0.912. The van der Waals surface area contributed by atoms with Gasteiger partial charge in [0.2, 0.25) is 0 Å². The molecule has 1 fully saturated rings.